The van der Waals surface area contributed by atoms with Crippen molar-refractivity contribution in [2.24, 2.45) is 0 Å². The Morgan fingerprint density at radius 1 is 1.19 bits per heavy atom. The zero-order valence-electron chi connectivity index (χ0n) is 9.26. The standard InChI is InChI=1S/C12H11ClOS2/c1-6-4-8(3)16-11(6)10(14)12-9(13)7(2)5-15-12/h4-5H,1-3H3. The molecule has 0 fully saturated rings. The molecule has 2 heterocycles. The van der Waals surface area contributed by atoms with Gasteiger partial charge in [-0.1, -0.05) is 11.6 Å². The van der Waals surface area contributed by atoms with Crippen LogP contribution in [0.4, 0.5) is 0 Å². The Hall–Kier alpha value is -0.640. The fraction of sp³-hybridized carbons (Fsp3) is 0.250. The van der Waals surface area contributed by atoms with Crippen LogP contribution in [0.3, 0.4) is 0 Å². The second-order valence-corrected chi connectivity index (χ2v) is 6.27. The van der Waals surface area contributed by atoms with Crippen molar-refractivity contribution in [2.75, 3.05) is 0 Å². The molecule has 1 nitrogen and oxygen atoms in total. The number of hydrogen-bond acceptors (Lipinski definition) is 3. The lowest BCUT2D eigenvalue weighted by Crippen LogP contribution is -1.98. The topological polar surface area (TPSA) is 17.1 Å². The Kier molecular flexibility index (Phi) is 3.19. The first kappa shape index (κ1) is 11.8. The average molecular weight is 271 g/mol. The summed E-state index contributed by atoms with van der Waals surface area (Å²) in [5.74, 6) is 0.0544. The van der Waals surface area contributed by atoms with E-state index < -0.39 is 0 Å². The van der Waals surface area contributed by atoms with E-state index >= 15 is 0 Å². The lowest BCUT2D eigenvalue weighted by Gasteiger charge is -1.97. The molecule has 0 N–H and O–H groups in total. The van der Waals surface area contributed by atoms with E-state index in [2.05, 4.69) is 0 Å². The molecule has 0 bridgehead atoms. The molecule has 16 heavy (non-hydrogen) atoms. The van der Waals surface area contributed by atoms with Gasteiger partial charge >= 0.3 is 0 Å². The second kappa shape index (κ2) is 4.32. The smallest absolute Gasteiger partial charge is 0.214 e. The van der Waals surface area contributed by atoms with E-state index in [0.29, 0.717) is 9.90 Å². The number of carbonyl (C=O) groups excluding carboxylic acids is 1. The first-order valence-electron chi connectivity index (χ1n) is 4.86. The molecular weight excluding hydrogens is 260 g/mol. The van der Waals surface area contributed by atoms with Gasteiger partial charge in [-0.05, 0) is 43.3 Å². The van der Waals surface area contributed by atoms with E-state index in [1.54, 1.807) is 0 Å². The lowest BCUT2D eigenvalue weighted by atomic mass is 10.2. The van der Waals surface area contributed by atoms with Gasteiger partial charge in [-0.25, -0.2) is 0 Å². The Bertz CT molecular complexity index is 547. The first-order chi connectivity index (χ1) is 7.50. The Labute approximate surface area is 108 Å². The molecule has 0 saturated carbocycles. The summed E-state index contributed by atoms with van der Waals surface area (Å²) in [5, 5.41) is 2.52. The van der Waals surface area contributed by atoms with Gasteiger partial charge in [0, 0.05) is 4.88 Å². The van der Waals surface area contributed by atoms with Gasteiger partial charge in [-0.2, -0.15) is 0 Å². The number of carbonyl (C=O) groups is 1. The van der Waals surface area contributed by atoms with Gasteiger partial charge in [0.05, 0.1) is 14.8 Å². The minimum Gasteiger partial charge on any atom is -0.287 e. The predicted octanol–water partition coefficient (Wildman–Crippen LogP) is 4.62. The van der Waals surface area contributed by atoms with Crippen molar-refractivity contribution in [3.8, 4) is 0 Å². The summed E-state index contributed by atoms with van der Waals surface area (Å²) in [5.41, 5.74) is 2.01. The summed E-state index contributed by atoms with van der Waals surface area (Å²) >= 11 is 9.06. The SMILES string of the molecule is Cc1cc(C)c(C(=O)c2scc(C)c2Cl)s1. The van der Waals surface area contributed by atoms with Gasteiger partial charge in [0.15, 0.2) is 0 Å². The van der Waals surface area contributed by atoms with E-state index in [1.165, 1.54) is 22.7 Å². The van der Waals surface area contributed by atoms with Crippen LogP contribution in [-0.4, -0.2) is 5.78 Å². The molecule has 0 aliphatic heterocycles. The van der Waals surface area contributed by atoms with Crippen LogP contribution in [-0.2, 0) is 0 Å². The number of ketones is 1. The minimum atomic E-state index is 0.0544. The quantitative estimate of drug-likeness (QED) is 0.728. The number of halogens is 1. The molecule has 0 aromatic carbocycles. The summed E-state index contributed by atoms with van der Waals surface area (Å²) in [4.78, 5) is 14.9. The maximum absolute atomic E-state index is 12.3. The summed E-state index contributed by atoms with van der Waals surface area (Å²) in [6.07, 6.45) is 0. The minimum absolute atomic E-state index is 0.0544. The molecule has 0 aliphatic carbocycles. The van der Waals surface area contributed by atoms with Crippen molar-refractivity contribution in [3.63, 3.8) is 0 Å². The zero-order valence-corrected chi connectivity index (χ0v) is 11.6. The number of aryl methyl sites for hydroxylation is 3. The normalized spacial score (nSPS) is 10.8. The summed E-state index contributed by atoms with van der Waals surface area (Å²) in [6.45, 7) is 5.89. The molecule has 84 valence electrons. The molecule has 0 spiro atoms. The zero-order chi connectivity index (χ0) is 11.9. The van der Waals surface area contributed by atoms with Crippen molar-refractivity contribution >= 4 is 40.1 Å². The molecule has 4 heteroatoms. The van der Waals surface area contributed by atoms with Crippen LogP contribution in [0.1, 0.15) is 30.6 Å². The lowest BCUT2D eigenvalue weighted by molar-refractivity contribution is 0.104. The van der Waals surface area contributed by atoms with E-state index in [1.807, 2.05) is 32.2 Å². The van der Waals surface area contributed by atoms with Crippen LogP contribution < -0.4 is 0 Å². The van der Waals surface area contributed by atoms with Crippen molar-refractivity contribution in [1.82, 2.24) is 0 Å². The third-order valence-corrected chi connectivity index (χ3v) is 5.20. The van der Waals surface area contributed by atoms with E-state index in [4.69, 9.17) is 11.6 Å². The molecule has 0 radical (unpaired) electrons. The van der Waals surface area contributed by atoms with Crippen LogP contribution in [0.5, 0.6) is 0 Å². The molecular formula is C12H11ClOS2. The molecule has 0 unspecified atom stereocenters. The average Bonchev–Trinajstić information content (AvgIpc) is 2.71. The largest absolute Gasteiger partial charge is 0.287 e. The highest BCUT2D eigenvalue weighted by Crippen LogP contribution is 2.32. The maximum atomic E-state index is 12.3. The van der Waals surface area contributed by atoms with Gasteiger partial charge in [0.1, 0.15) is 0 Å². The molecule has 2 aromatic rings. The Balaban J connectivity index is 2.47. The molecule has 0 saturated heterocycles. The molecule has 2 rings (SSSR count). The van der Waals surface area contributed by atoms with Gasteiger partial charge < -0.3 is 0 Å². The van der Waals surface area contributed by atoms with Crippen molar-refractivity contribution in [3.05, 3.63) is 42.2 Å². The maximum Gasteiger partial charge on any atom is 0.214 e. The predicted molar refractivity (Wildman–Crippen MR) is 71.3 cm³/mol. The van der Waals surface area contributed by atoms with E-state index in [-0.39, 0.29) is 5.78 Å². The molecule has 2 aromatic heterocycles. The van der Waals surface area contributed by atoms with Crippen LogP contribution in [0.25, 0.3) is 0 Å². The van der Waals surface area contributed by atoms with Crippen LogP contribution in [0.2, 0.25) is 5.02 Å². The fourth-order valence-electron chi connectivity index (χ4n) is 1.55. The molecule has 0 aliphatic rings. The summed E-state index contributed by atoms with van der Waals surface area (Å²) < 4.78 is 0. The van der Waals surface area contributed by atoms with Crippen molar-refractivity contribution in [2.45, 2.75) is 20.8 Å². The Morgan fingerprint density at radius 2 is 1.88 bits per heavy atom. The van der Waals surface area contributed by atoms with E-state index in [9.17, 15) is 4.79 Å². The fourth-order valence-corrected chi connectivity index (χ4v) is 3.81. The van der Waals surface area contributed by atoms with Crippen molar-refractivity contribution in [1.29, 1.82) is 0 Å². The number of rotatable bonds is 2. The third-order valence-electron chi connectivity index (χ3n) is 2.35. The van der Waals surface area contributed by atoms with E-state index in [0.717, 1.165) is 20.9 Å². The van der Waals surface area contributed by atoms with Crippen LogP contribution >= 0.6 is 34.3 Å². The highest BCUT2D eigenvalue weighted by molar-refractivity contribution is 7.17. The number of hydrogen-bond donors (Lipinski definition) is 0. The van der Waals surface area contributed by atoms with Crippen LogP contribution in [0.15, 0.2) is 11.4 Å². The molecule has 0 amide bonds. The highest BCUT2D eigenvalue weighted by Gasteiger charge is 2.19. The van der Waals surface area contributed by atoms with Gasteiger partial charge in [-0.3, -0.25) is 4.79 Å². The summed E-state index contributed by atoms with van der Waals surface area (Å²) in [6, 6.07) is 2.03. The highest BCUT2D eigenvalue weighted by atomic mass is 35.5. The molecule has 0 atom stereocenters. The first-order valence-corrected chi connectivity index (χ1v) is 6.93. The van der Waals surface area contributed by atoms with Gasteiger partial charge in [-0.15, -0.1) is 22.7 Å². The second-order valence-electron chi connectivity index (χ2n) is 3.76. The Morgan fingerprint density at radius 3 is 2.31 bits per heavy atom. The monoisotopic (exact) mass is 270 g/mol. The van der Waals surface area contributed by atoms with Gasteiger partial charge in [0.2, 0.25) is 5.78 Å². The third kappa shape index (κ3) is 1.95. The van der Waals surface area contributed by atoms with Crippen LogP contribution in [0, 0.1) is 20.8 Å². The summed E-state index contributed by atoms with van der Waals surface area (Å²) in [7, 11) is 0. The van der Waals surface area contributed by atoms with Gasteiger partial charge in [0.25, 0.3) is 0 Å². The number of thiophene rings is 2. The van der Waals surface area contributed by atoms with Crippen molar-refractivity contribution < 1.29 is 4.79 Å².